The van der Waals surface area contributed by atoms with Crippen LogP contribution < -0.4 is 10.2 Å². The van der Waals surface area contributed by atoms with Crippen LogP contribution in [0.15, 0.2) is 24.3 Å². The van der Waals surface area contributed by atoms with Gasteiger partial charge in [-0.15, -0.1) is 0 Å². The summed E-state index contributed by atoms with van der Waals surface area (Å²) in [7, 11) is 0. The van der Waals surface area contributed by atoms with Crippen LogP contribution in [0.3, 0.4) is 0 Å². The highest BCUT2D eigenvalue weighted by Gasteiger charge is 2.53. The van der Waals surface area contributed by atoms with Crippen LogP contribution in [0.4, 0.5) is 5.69 Å². The molecule has 0 bridgehead atoms. The number of carbonyl (C=O) groups is 2. The van der Waals surface area contributed by atoms with Gasteiger partial charge in [0.1, 0.15) is 0 Å². The van der Waals surface area contributed by atoms with Gasteiger partial charge in [-0.1, -0.05) is 25.1 Å². The molecule has 1 saturated carbocycles. The van der Waals surface area contributed by atoms with E-state index in [9.17, 15) is 9.59 Å². The summed E-state index contributed by atoms with van der Waals surface area (Å²) >= 11 is 0. The molecular formula is C17H22N2O3. The lowest BCUT2D eigenvalue weighted by Gasteiger charge is -2.18. The summed E-state index contributed by atoms with van der Waals surface area (Å²) < 4.78 is 0. The third-order valence-corrected chi connectivity index (χ3v) is 4.75. The minimum atomic E-state index is -0.558. The summed E-state index contributed by atoms with van der Waals surface area (Å²) in [5, 5.41) is 11.6. The number of rotatable bonds is 4. The maximum atomic E-state index is 12.5. The van der Waals surface area contributed by atoms with Crippen molar-refractivity contribution in [3.05, 3.63) is 29.8 Å². The summed E-state index contributed by atoms with van der Waals surface area (Å²) in [4.78, 5) is 26.2. The number of aliphatic hydroxyl groups excluding tert-OH is 1. The van der Waals surface area contributed by atoms with E-state index in [0.717, 1.165) is 18.5 Å². The fourth-order valence-corrected chi connectivity index (χ4v) is 3.18. The Balaban J connectivity index is 1.67. The first-order chi connectivity index (χ1) is 10.6. The topological polar surface area (TPSA) is 69.6 Å². The lowest BCUT2D eigenvalue weighted by Crippen LogP contribution is -2.44. The Morgan fingerprint density at radius 2 is 2.09 bits per heavy atom. The van der Waals surface area contributed by atoms with E-state index >= 15 is 0 Å². The Morgan fingerprint density at radius 3 is 2.77 bits per heavy atom. The second-order valence-electron chi connectivity index (χ2n) is 6.52. The summed E-state index contributed by atoms with van der Waals surface area (Å²) in [5.41, 5.74) is 2.17. The van der Waals surface area contributed by atoms with Crippen LogP contribution in [-0.2, 0) is 15.0 Å². The Morgan fingerprint density at radius 1 is 1.36 bits per heavy atom. The average Bonchev–Trinajstić information content (AvgIpc) is 3.23. The highest BCUT2D eigenvalue weighted by atomic mass is 16.3. The standard InChI is InChI=1S/C17H22N2O3/c1-12(6-9-20)10-18-15(21)16(22)19-11-17(7-8-17)13-4-2-3-5-14(13)19/h2-5,12,20H,6-11H2,1H3,(H,18,21). The zero-order valence-corrected chi connectivity index (χ0v) is 12.8. The zero-order chi connectivity index (χ0) is 15.7. The van der Waals surface area contributed by atoms with Crippen LogP contribution in [0.1, 0.15) is 31.7 Å². The Bertz CT molecular complexity index is 595. The van der Waals surface area contributed by atoms with Crippen molar-refractivity contribution in [2.45, 2.75) is 31.6 Å². The van der Waals surface area contributed by atoms with E-state index in [1.165, 1.54) is 5.56 Å². The molecule has 0 aromatic heterocycles. The van der Waals surface area contributed by atoms with E-state index in [1.54, 1.807) is 4.90 Å². The van der Waals surface area contributed by atoms with Gasteiger partial charge in [0, 0.05) is 30.8 Å². The number of fused-ring (bicyclic) bond motifs is 2. The van der Waals surface area contributed by atoms with Gasteiger partial charge in [-0.3, -0.25) is 9.59 Å². The Kier molecular flexibility index (Phi) is 3.91. The van der Waals surface area contributed by atoms with E-state index in [-0.39, 0.29) is 17.9 Å². The number of benzene rings is 1. The third kappa shape index (κ3) is 2.61. The number of aliphatic hydroxyl groups is 1. The third-order valence-electron chi connectivity index (χ3n) is 4.75. The van der Waals surface area contributed by atoms with Crippen LogP contribution in [0.2, 0.25) is 0 Å². The van der Waals surface area contributed by atoms with Crippen LogP contribution in [0.25, 0.3) is 0 Å². The number of amides is 2. The summed E-state index contributed by atoms with van der Waals surface area (Å²) in [5.74, 6) is -0.882. The summed E-state index contributed by atoms with van der Waals surface area (Å²) in [6.45, 7) is 3.05. The van der Waals surface area contributed by atoms with E-state index in [2.05, 4.69) is 11.4 Å². The van der Waals surface area contributed by atoms with Crippen molar-refractivity contribution >= 4 is 17.5 Å². The molecule has 1 atom stereocenters. The first-order valence-corrected chi connectivity index (χ1v) is 7.87. The fourth-order valence-electron chi connectivity index (χ4n) is 3.18. The molecule has 5 nitrogen and oxygen atoms in total. The van der Waals surface area contributed by atoms with Crippen LogP contribution in [0, 0.1) is 5.92 Å². The van der Waals surface area contributed by atoms with E-state index in [4.69, 9.17) is 5.11 Å². The molecule has 1 fully saturated rings. The smallest absolute Gasteiger partial charge is 0.316 e. The van der Waals surface area contributed by atoms with Crippen molar-refractivity contribution in [2.24, 2.45) is 5.92 Å². The number of nitrogens with zero attached hydrogens (tertiary/aromatic N) is 1. The van der Waals surface area contributed by atoms with E-state index in [0.29, 0.717) is 19.5 Å². The van der Waals surface area contributed by atoms with Gasteiger partial charge in [-0.2, -0.15) is 0 Å². The molecule has 1 aliphatic heterocycles. The first kappa shape index (κ1) is 15.0. The molecule has 2 amide bonds. The van der Waals surface area contributed by atoms with Crippen molar-refractivity contribution in [3.63, 3.8) is 0 Å². The highest BCUT2D eigenvalue weighted by molar-refractivity contribution is 6.40. The van der Waals surface area contributed by atoms with Crippen molar-refractivity contribution < 1.29 is 14.7 Å². The molecule has 1 unspecified atom stereocenters. The quantitative estimate of drug-likeness (QED) is 0.821. The number of hydrogen-bond donors (Lipinski definition) is 2. The van der Waals surface area contributed by atoms with Gasteiger partial charge in [0.2, 0.25) is 0 Å². The average molecular weight is 302 g/mol. The Labute approximate surface area is 130 Å². The molecule has 1 aliphatic carbocycles. The van der Waals surface area contributed by atoms with E-state index < -0.39 is 11.8 Å². The lowest BCUT2D eigenvalue weighted by molar-refractivity contribution is -0.137. The fraction of sp³-hybridized carbons (Fsp3) is 0.529. The molecule has 1 heterocycles. The molecule has 118 valence electrons. The number of nitrogens with one attached hydrogen (secondary N) is 1. The number of anilines is 1. The minimum absolute atomic E-state index is 0.0903. The molecule has 22 heavy (non-hydrogen) atoms. The van der Waals surface area contributed by atoms with Gasteiger partial charge in [-0.05, 0) is 36.8 Å². The largest absolute Gasteiger partial charge is 0.396 e. The van der Waals surface area contributed by atoms with Gasteiger partial charge in [0.25, 0.3) is 0 Å². The second-order valence-corrected chi connectivity index (χ2v) is 6.52. The van der Waals surface area contributed by atoms with Crippen LogP contribution in [0.5, 0.6) is 0 Å². The van der Waals surface area contributed by atoms with Crippen LogP contribution >= 0.6 is 0 Å². The maximum absolute atomic E-state index is 12.5. The normalized spacial score (nSPS) is 18.9. The van der Waals surface area contributed by atoms with Crippen molar-refractivity contribution in [1.29, 1.82) is 0 Å². The maximum Gasteiger partial charge on any atom is 0.316 e. The van der Waals surface area contributed by atoms with Crippen molar-refractivity contribution in [2.75, 3.05) is 24.6 Å². The molecule has 1 spiro atoms. The highest BCUT2D eigenvalue weighted by Crippen LogP contribution is 2.56. The predicted octanol–water partition coefficient (Wildman–Crippen LogP) is 1.20. The molecule has 2 aliphatic rings. The summed E-state index contributed by atoms with van der Waals surface area (Å²) in [6.07, 6.45) is 2.79. The molecular weight excluding hydrogens is 280 g/mol. The lowest BCUT2D eigenvalue weighted by atomic mass is 9.99. The SMILES string of the molecule is CC(CCO)CNC(=O)C(=O)N1CC2(CC2)c2ccccc21. The van der Waals surface area contributed by atoms with Gasteiger partial charge >= 0.3 is 11.8 Å². The molecule has 5 heteroatoms. The van der Waals surface area contributed by atoms with Gasteiger partial charge in [-0.25, -0.2) is 0 Å². The molecule has 3 rings (SSSR count). The van der Waals surface area contributed by atoms with E-state index in [1.807, 2.05) is 25.1 Å². The number of hydrogen-bond acceptors (Lipinski definition) is 3. The first-order valence-electron chi connectivity index (χ1n) is 7.87. The molecule has 1 aromatic carbocycles. The molecule has 1 aromatic rings. The second kappa shape index (κ2) is 5.72. The minimum Gasteiger partial charge on any atom is -0.396 e. The monoisotopic (exact) mass is 302 g/mol. The molecule has 0 saturated heterocycles. The molecule has 0 radical (unpaired) electrons. The number of carbonyl (C=O) groups excluding carboxylic acids is 2. The molecule has 2 N–H and O–H groups in total. The predicted molar refractivity (Wildman–Crippen MR) is 83.6 cm³/mol. The number of para-hydroxylation sites is 1. The van der Waals surface area contributed by atoms with Crippen LogP contribution in [-0.4, -0.2) is 36.6 Å². The zero-order valence-electron chi connectivity index (χ0n) is 12.8. The summed E-state index contributed by atoms with van der Waals surface area (Å²) in [6, 6.07) is 7.88. The van der Waals surface area contributed by atoms with Crippen molar-refractivity contribution in [1.82, 2.24) is 5.32 Å². The van der Waals surface area contributed by atoms with Gasteiger partial charge in [0.05, 0.1) is 0 Å². The van der Waals surface area contributed by atoms with Crippen molar-refractivity contribution in [3.8, 4) is 0 Å². The Hall–Kier alpha value is -1.88. The van der Waals surface area contributed by atoms with Gasteiger partial charge < -0.3 is 15.3 Å². The van der Waals surface area contributed by atoms with Gasteiger partial charge in [0.15, 0.2) is 0 Å².